The van der Waals surface area contributed by atoms with Gasteiger partial charge in [0.2, 0.25) is 5.91 Å². The number of hydrogen-bond donors (Lipinski definition) is 3. The molecule has 0 atom stereocenters. The highest BCUT2D eigenvalue weighted by Gasteiger charge is 2.31. The minimum atomic E-state index is -4.62. The molecule has 0 radical (unpaired) electrons. The Morgan fingerprint density at radius 2 is 1.66 bits per heavy atom. The maximum atomic E-state index is 12.8. The van der Waals surface area contributed by atoms with Crippen LogP contribution in [0.15, 0.2) is 53.4 Å². The first kappa shape index (κ1) is 20.6. The van der Waals surface area contributed by atoms with Crippen molar-refractivity contribution in [1.29, 1.82) is 0 Å². The molecule has 0 unspecified atom stereocenters. The topological polar surface area (TPSA) is 104 Å². The van der Waals surface area contributed by atoms with Crippen LogP contribution < -0.4 is 15.6 Å². The fraction of sp³-hybridized carbons (Fsp3) is 0.222. The zero-order chi connectivity index (χ0) is 21.2. The van der Waals surface area contributed by atoms with E-state index in [9.17, 15) is 31.2 Å². The number of halogens is 3. The number of hydrazine groups is 1. The van der Waals surface area contributed by atoms with Crippen molar-refractivity contribution in [3.05, 3.63) is 59.7 Å². The van der Waals surface area contributed by atoms with E-state index in [1.165, 1.54) is 24.3 Å². The van der Waals surface area contributed by atoms with Crippen molar-refractivity contribution in [2.24, 2.45) is 5.92 Å². The van der Waals surface area contributed by atoms with E-state index >= 15 is 0 Å². The molecule has 2 aromatic carbocycles. The van der Waals surface area contributed by atoms with Crippen LogP contribution in [0.5, 0.6) is 0 Å². The molecule has 0 spiro atoms. The number of alkyl halides is 3. The second-order valence-corrected chi connectivity index (χ2v) is 8.11. The number of amides is 2. The summed E-state index contributed by atoms with van der Waals surface area (Å²) in [7, 11) is -4.25. The van der Waals surface area contributed by atoms with Gasteiger partial charge in [-0.2, -0.15) is 13.2 Å². The molecule has 154 valence electrons. The van der Waals surface area contributed by atoms with Crippen LogP contribution in [0, 0.1) is 5.92 Å². The molecule has 0 aromatic heterocycles. The van der Waals surface area contributed by atoms with Crippen LogP contribution in [0.25, 0.3) is 0 Å². The quantitative estimate of drug-likeness (QED) is 0.638. The highest BCUT2D eigenvalue weighted by atomic mass is 32.2. The molecule has 1 aliphatic carbocycles. The van der Waals surface area contributed by atoms with E-state index in [0.717, 1.165) is 31.0 Å². The maximum absolute atomic E-state index is 12.8. The zero-order valence-corrected chi connectivity index (χ0v) is 15.6. The molecular formula is C18H16F3N3O4S. The first-order valence-corrected chi connectivity index (χ1v) is 9.95. The smallest absolute Gasteiger partial charge is 0.280 e. The van der Waals surface area contributed by atoms with Crippen molar-refractivity contribution in [3.63, 3.8) is 0 Å². The van der Waals surface area contributed by atoms with E-state index in [4.69, 9.17) is 0 Å². The molecule has 3 N–H and O–H groups in total. The summed E-state index contributed by atoms with van der Waals surface area (Å²) in [4.78, 5) is 23.4. The predicted molar refractivity (Wildman–Crippen MR) is 97.0 cm³/mol. The molecule has 0 bridgehead atoms. The van der Waals surface area contributed by atoms with Crippen LogP contribution in [-0.4, -0.2) is 20.2 Å². The van der Waals surface area contributed by atoms with Crippen LogP contribution in [-0.2, 0) is 21.0 Å². The van der Waals surface area contributed by atoms with Gasteiger partial charge in [0.15, 0.2) is 0 Å². The molecule has 2 amide bonds. The molecule has 29 heavy (non-hydrogen) atoms. The van der Waals surface area contributed by atoms with E-state index in [2.05, 4.69) is 15.6 Å². The fourth-order valence-electron chi connectivity index (χ4n) is 2.42. The lowest BCUT2D eigenvalue weighted by atomic mass is 10.2. The van der Waals surface area contributed by atoms with Gasteiger partial charge in [-0.05, 0) is 49.2 Å². The van der Waals surface area contributed by atoms with Crippen LogP contribution >= 0.6 is 0 Å². The van der Waals surface area contributed by atoms with Gasteiger partial charge < -0.3 is 0 Å². The Labute approximate surface area is 164 Å². The monoisotopic (exact) mass is 427 g/mol. The lowest BCUT2D eigenvalue weighted by molar-refractivity contribution is -0.137. The summed E-state index contributed by atoms with van der Waals surface area (Å²) in [6.45, 7) is 0. The Morgan fingerprint density at radius 1 is 0.966 bits per heavy atom. The van der Waals surface area contributed by atoms with Gasteiger partial charge in [-0.25, -0.2) is 8.42 Å². The molecule has 2 aromatic rings. The lowest BCUT2D eigenvalue weighted by Gasteiger charge is -2.12. The SMILES string of the molecule is O=C(NNC(=O)C1CC1)c1cccc(S(=O)(=O)Nc2cccc(C(F)(F)F)c2)c1. The summed E-state index contributed by atoms with van der Waals surface area (Å²) in [6, 6.07) is 8.62. The first-order chi connectivity index (χ1) is 13.6. The largest absolute Gasteiger partial charge is 0.416 e. The Balaban J connectivity index is 1.74. The van der Waals surface area contributed by atoms with E-state index in [1.807, 2.05) is 0 Å². The van der Waals surface area contributed by atoms with Crippen LogP contribution in [0.3, 0.4) is 0 Å². The van der Waals surface area contributed by atoms with Crippen molar-refractivity contribution in [2.75, 3.05) is 4.72 Å². The van der Waals surface area contributed by atoms with E-state index in [-0.39, 0.29) is 28.0 Å². The number of hydrogen-bond acceptors (Lipinski definition) is 4. The second kappa shape index (κ2) is 7.74. The molecule has 1 saturated carbocycles. The minimum absolute atomic E-state index is 0.0481. The van der Waals surface area contributed by atoms with Gasteiger partial charge in [-0.15, -0.1) is 0 Å². The summed E-state index contributed by atoms with van der Waals surface area (Å²) < 4.78 is 65.5. The van der Waals surface area contributed by atoms with Crippen molar-refractivity contribution in [3.8, 4) is 0 Å². The number of nitrogens with one attached hydrogen (secondary N) is 3. The normalized spacial score (nSPS) is 14.2. The van der Waals surface area contributed by atoms with Gasteiger partial charge in [0.25, 0.3) is 15.9 Å². The number of sulfonamides is 1. The Bertz CT molecular complexity index is 1050. The highest BCUT2D eigenvalue weighted by molar-refractivity contribution is 7.92. The minimum Gasteiger partial charge on any atom is -0.280 e. The summed E-state index contributed by atoms with van der Waals surface area (Å²) in [5, 5.41) is 0. The summed E-state index contributed by atoms with van der Waals surface area (Å²) in [5.41, 5.74) is 3.12. The molecule has 7 nitrogen and oxygen atoms in total. The molecule has 0 aliphatic heterocycles. The number of rotatable bonds is 5. The first-order valence-electron chi connectivity index (χ1n) is 8.46. The number of anilines is 1. The van der Waals surface area contributed by atoms with Crippen molar-refractivity contribution < 1.29 is 31.2 Å². The molecule has 1 aliphatic rings. The number of carbonyl (C=O) groups excluding carboxylic acids is 2. The molecule has 3 rings (SSSR count). The Morgan fingerprint density at radius 3 is 2.31 bits per heavy atom. The van der Waals surface area contributed by atoms with E-state index in [0.29, 0.717) is 6.07 Å². The van der Waals surface area contributed by atoms with Crippen molar-refractivity contribution in [1.82, 2.24) is 10.9 Å². The molecule has 0 saturated heterocycles. The third kappa shape index (κ3) is 5.25. The fourth-order valence-corrected chi connectivity index (χ4v) is 3.51. The van der Waals surface area contributed by atoms with Crippen LogP contribution in [0.1, 0.15) is 28.8 Å². The average Bonchev–Trinajstić information content (AvgIpc) is 3.50. The number of benzene rings is 2. The second-order valence-electron chi connectivity index (χ2n) is 6.43. The summed E-state index contributed by atoms with van der Waals surface area (Å²) >= 11 is 0. The number of carbonyl (C=O) groups is 2. The third-order valence-corrected chi connectivity index (χ3v) is 5.47. The standard InChI is InChI=1S/C18H16F3N3O4S/c19-18(20,21)13-4-2-5-14(10-13)24-29(27,28)15-6-1-3-12(9-15)17(26)23-22-16(25)11-7-8-11/h1-6,9-11,24H,7-8H2,(H,22,25)(H,23,26). The van der Waals surface area contributed by atoms with Gasteiger partial charge in [0.05, 0.1) is 10.5 Å². The zero-order valence-electron chi connectivity index (χ0n) is 14.8. The Hall–Kier alpha value is -3.08. The predicted octanol–water partition coefficient (Wildman–Crippen LogP) is 2.68. The molecule has 1 fully saturated rings. The molecular weight excluding hydrogens is 411 g/mol. The molecule has 0 heterocycles. The Kier molecular flexibility index (Phi) is 5.51. The third-order valence-electron chi connectivity index (χ3n) is 4.10. The van der Waals surface area contributed by atoms with Gasteiger partial charge in [-0.1, -0.05) is 12.1 Å². The van der Waals surface area contributed by atoms with Crippen LogP contribution in [0.2, 0.25) is 0 Å². The van der Waals surface area contributed by atoms with Gasteiger partial charge in [0, 0.05) is 17.2 Å². The molecule has 11 heteroatoms. The summed E-state index contributed by atoms with van der Waals surface area (Å²) in [5.74, 6) is -1.18. The lowest BCUT2D eigenvalue weighted by Crippen LogP contribution is -2.42. The van der Waals surface area contributed by atoms with E-state index in [1.54, 1.807) is 0 Å². The van der Waals surface area contributed by atoms with Crippen molar-refractivity contribution in [2.45, 2.75) is 23.9 Å². The maximum Gasteiger partial charge on any atom is 0.416 e. The highest BCUT2D eigenvalue weighted by Crippen LogP contribution is 2.31. The van der Waals surface area contributed by atoms with Gasteiger partial charge in [-0.3, -0.25) is 25.2 Å². The average molecular weight is 427 g/mol. The summed E-state index contributed by atoms with van der Waals surface area (Å²) in [6.07, 6.45) is -3.13. The van der Waals surface area contributed by atoms with Gasteiger partial charge >= 0.3 is 6.18 Å². The van der Waals surface area contributed by atoms with Crippen molar-refractivity contribution >= 4 is 27.5 Å². The van der Waals surface area contributed by atoms with Gasteiger partial charge in [0.1, 0.15) is 0 Å². The van der Waals surface area contributed by atoms with Crippen LogP contribution in [0.4, 0.5) is 18.9 Å². The van der Waals surface area contributed by atoms with E-state index < -0.39 is 27.7 Å².